The molecule has 2 aliphatic heterocycles. The molecule has 0 radical (unpaired) electrons. The standard InChI is InChI=1S/C23H28N4O2S2/c1-2-3-4-9-15-27-22(29)18(31-23(27)30)16-17-20(25-12-7-5-8-13-25)24-19-11-6-10-14-26(19)21(17)28/h6,10-11,14,16H,2-5,7-9,12-13,15H2,1H3/b18-16+. The zero-order chi connectivity index (χ0) is 21.8. The molecule has 0 saturated carbocycles. The van der Waals surface area contributed by atoms with Gasteiger partial charge in [0.1, 0.15) is 15.8 Å². The van der Waals surface area contributed by atoms with Gasteiger partial charge in [0, 0.05) is 25.8 Å². The number of carbonyl (C=O) groups is 1. The van der Waals surface area contributed by atoms with E-state index in [2.05, 4.69) is 11.8 Å². The number of piperidine rings is 1. The van der Waals surface area contributed by atoms with E-state index < -0.39 is 0 Å². The summed E-state index contributed by atoms with van der Waals surface area (Å²) in [4.78, 5) is 35.6. The van der Waals surface area contributed by atoms with Crippen molar-refractivity contribution in [1.82, 2.24) is 14.3 Å². The summed E-state index contributed by atoms with van der Waals surface area (Å²) in [5.74, 6) is 0.567. The topological polar surface area (TPSA) is 57.9 Å². The predicted molar refractivity (Wildman–Crippen MR) is 132 cm³/mol. The Morgan fingerprint density at radius 3 is 2.71 bits per heavy atom. The smallest absolute Gasteiger partial charge is 0.267 e. The van der Waals surface area contributed by atoms with Crippen LogP contribution in [0, 0.1) is 0 Å². The first-order chi connectivity index (χ1) is 15.1. The van der Waals surface area contributed by atoms with Gasteiger partial charge in [0.2, 0.25) is 0 Å². The highest BCUT2D eigenvalue weighted by molar-refractivity contribution is 8.26. The maximum atomic E-state index is 13.4. The third-order valence-corrected chi connectivity index (χ3v) is 7.17. The van der Waals surface area contributed by atoms with E-state index in [1.54, 1.807) is 21.6 Å². The largest absolute Gasteiger partial charge is 0.356 e. The summed E-state index contributed by atoms with van der Waals surface area (Å²) in [5, 5.41) is 0. The maximum Gasteiger partial charge on any atom is 0.267 e. The van der Waals surface area contributed by atoms with E-state index in [9.17, 15) is 9.59 Å². The fourth-order valence-corrected chi connectivity index (χ4v) is 5.38. The van der Waals surface area contributed by atoms with Gasteiger partial charge in [-0.3, -0.25) is 18.9 Å². The Balaban J connectivity index is 1.70. The lowest BCUT2D eigenvalue weighted by atomic mass is 10.1. The van der Waals surface area contributed by atoms with Crippen LogP contribution in [0.2, 0.25) is 0 Å². The van der Waals surface area contributed by atoms with Crippen LogP contribution < -0.4 is 10.5 Å². The molecule has 4 heterocycles. The monoisotopic (exact) mass is 456 g/mol. The maximum absolute atomic E-state index is 13.4. The van der Waals surface area contributed by atoms with Gasteiger partial charge in [-0.25, -0.2) is 4.98 Å². The molecular formula is C23H28N4O2S2. The number of pyridine rings is 1. The number of anilines is 1. The molecule has 4 rings (SSSR count). The highest BCUT2D eigenvalue weighted by Gasteiger charge is 2.32. The Hall–Kier alpha value is -2.19. The third-order valence-electron chi connectivity index (χ3n) is 5.79. The lowest BCUT2D eigenvalue weighted by Gasteiger charge is -2.29. The molecule has 2 fully saturated rings. The van der Waals surface area contributed by atoms with Crippen LogP contribution in [0.4, 0.5) is 5.82 Å². The number of nitrogens with zero attached hydrogens (tertiary/aromatic N) is 4. The molecule has 31 heavy (non-hydrogen) atoms. The van der Waals surface area contributed by atoms with Crippen LogP contribution in [0.5, 0.6) is 0 Å². The van der Waals surface area contributed by atoms with Crippen LogP contribution in [0.25, 0.3) is 11.7 Å². The second-order valence-corrected chi connectivity index (χ2v) is 9.70. The van der Waals surface area contributed by atoms with Crippen LogP contribution in [-0.2, 0) is 4.79 Å². The van der Waals surface area contributed by atoms with Gasteiger partial charge in [0.25, 0.3) is 11.5 Å². The minimum absolute atomic E-state index is 0.103. The third kappa shape index (κ3) is 4.70. The molecular weight excluding hydrogens is 428 g/mol. The number of thiocarbonyl (C=S) groups is 1. The molecule has 2 aromatic heterocycles. The van der Waals surface area contributed by atoms with Crippen LogP contribution in [-0.4, -0.2) is 44.1 Å². The van der Waals surface area contributed by atoms with E-state index in [0.29, 0.717) is 32.8 Å². The molecule has 0 spiro atoms. The Labute approximate surface area is 192 Å². The van der Waals surface area contributed by atoms with Crippen LogP contribution in [0.3, 0.4) is 0 Å². The summed E-state index contributed by atoms with van der Waals surface area (Å²) in [6, 6.07) is 5.54. The van der Waals surface area contributed by atoms with E-state index in [-0.39, 0.29) is 11.5 Å². The number of carbonyl (C=O) groups excluding carboxylic acids is 1. The van der Waals surface area contributed by atoms with Gasteiger partial charge >= 0.3 is 0 Å². The Kier molecular flexibility index (Phi) is 7.07. The van der Waals surface area contributed by atoms with E-state index in [0.717, 1.165) is 51.6 Å². The normalized spacial score (nSPS) is 18.5. The van der Waals surface area contributed by atoms with Crippen molar-refractivity contribution < 1.29 is 4.79 Å². The fraction of sp³-hybridized carbons (Fsp3) is 0.478. The fourth-order valence-electron chi connectivity index (χ4n) is 4.08. The molecule has 1 amide bonds. The number of fused-ring (bicyclic) bond motifs is 1. The predicted octanol–water partition coefficient (Wildman–Crippen LogP) is 4.47. The van der Waals surface area contributed by atoms with Gasteiger partial charge < -0.3 is 4.90 Å². The number of aromatic nitrogens is 2. The lowest BCUT2D eigenvalue weighted by Crippen LogP contribution is -2.33. The van der Waals surface area contributed by atoms with Gasteiger partial charge in [-0.15, -0.1) is 0 Å². The molecule has 0 aromatic carbocycles. The number of thioether (sulfide) groups is 1. The van der Waals surface area contributed by atoms with Crippen molar-refractivity contribution in [3.63, 3.8) is 0 Å². The Morgan fingerprint density at radius 1 is 1.13 bits per heavy atom. The lowest BCUT2D eigenvalue weighted by molar-refractivity contribution is -0.122. The average molecular weight is 457 g/mol. The van der Waals surface area contributed by atoms with Crippen molar-refractivity contribution in [1.29, 1.82) is 0 Å². The van der Waals surface area contributed by atoms with Crippen LogP contribution >= 0.6 is 24.0 Å². The van der Waals surface area contributed by atoms with Gasteiger partial charge in [0.05, 0.1) is 10.5 Å². The summed E-state index contributed by atoms with van der Waals surface area (Å²) < 4.78 is 2.12. The van der Waals surface area contributed by atoms with Gasteiger partial charge in [-0.2, -0.15) is 0 Å². The first kappa shape index (κ1) is 22.0. The molecule has 0 N–H and O–H groups in total. The highest BCUT2D eigenvalue weighted by atomic mass is 32.2. The van der Waals surface area contributed by atoms with Gasteiger partial charge in [0.15, 0.2) is 0 Å². The van der Waals surface area contributed by atoms with E-state index >= 15 is 0 Å². The number of hydrogen-bond acceptors (Lipinski definition) is 6. The molecule has 8 heteroatoms. The molecule has 2 saturated heterocycles. The first-order valence-electron chi connectivity index (χ1n) is 11.1. The molecule has 0 atom stereocenters. The number of rotatable bonds is 7. The SMILES string of the molecule is CCCCCCN1C(=O)/C(=C\c2c(N3CCCCC3)nc3ccccn3c2=O)SC1=S. The van der Waals surface area contributed by atoms with Crippen molar-refractivity contribution in [3.05, 3.63) is 45.2 Å². The summed E-state index contributed by atoms with van der Waals surface area (Å²) in [6.45, 7) is 4.54. The second kappa shape index (κ2) is 9.96. The minimum Gasteiger partial charge on any atom is -0.356 e. The zero-order valence-electron chi connectivity index (χ0n) is 17.9. The van der Waals surface area contributed by atoms with Crippen LogP contribution in [0.1, 0.15) is 57.4 Å². The van der Waals surface area contributed by atoms with Gasteiger partial charge in [-0.1, -0.05) is 56.2 Å². The van der Waals surface area contributed by atoms with Crippen molar-refractivity contribution in [2.24, 2.45) is 0 Å². The molecule has 2 aromatic rings. The van der Waals surface area contributed by atoms with Crippen molar-refractivity contribution >= 4 is 51.7 Å². The Morgan fingerprint density at radius 2 is 1.94 bits per heavy atom. The summed E-state index contributed by atoms with van der Waals surface area (Å²) in [5.41, 5.74) is 0.935. The quantitative estimate of drug-likeness (QED) is 0.348. The van der Waals surface area contributed by atoms with E-state index in [1.165, 1.54) is 18.2 Å². The van der Waals surface area contributed by atoms with Crippen LogP contribution in [0.15, 0.2) is 34.1 Å². The minimum atomic E-state index is -0.153. The first-order valence-corrected chi connectivity index (χ1v) is 12.3. The molecule has 0 bridgehead atoms. The number of amides is 1. The summed E-state index contributed by atoms with van der Waals surface area (Å²) in [7, 11) is 0. The van der Waals surface area contributed by atoms with Gasteiger partial charge in [-0.05, 0) is 43.9 Å². The molecule has 0 unspecified atom stereocenters. The highest BCUT2D eigenvalue weighted by Crippen LogP contribution is 2.34. The molecule has 0 aliphatic carbocycles. The molecule has 2 aliphatic rings. The summed E-state index contributed by atoms with van der Waals surface area (Å²) in [6.07, 6.45) is 11.1. The van der Waals surface area contributed by atoms with E-state index in [1.807, 2.05) is 18.2 Å². The molecule has 164 valence electrons. The zero-order valence-corrected chi connectivity index (χ0v) is 19.5. The number of unbranched alkanes of at least 4 members (excludes halogenated alkanes) is 3. The Bertz CT molecular complexity index is 1070. The van der Waals surface area contributed by atoms with Crippen molar-refractivity contribution in [2.45, 2.75) is 51.9 Å². The number of hydrogen-bond donors (Lipinski definition) is 0. The van der Waals surface area contributed by atoms with Crippen molar-refractivity contribution in [3.8, 4) is 0 Å². The van der Waals surface area contributed by atoms with Crippen molar-refractivity contribution in [2.75, 3.05) is 24.5 Å². The second-order valence-electron chi connectivity index (χ2n) is 8.02. The van der Waals surface area contributed by atoms with E-state index in [4.69, 9.17) is 17.2 Å². The summed E-state index contributed by atoms with van der Waals surface area (Å²) >= 11 is 6.76. The average Bonchev–Trinajstić information content (AvgIpc) is 3.06. The molecule has 6 nitrogen and oxygen atoms in total.